The van der Waals surface area contributed by atoms with E-state index in [1.165, 1.54) is 32.1 Å². The molecule has 0 radical (unpaired) electrons. The number of carbonyl (C=O) groups excluding carboxylic acids is 1. The molecule has 1 N–H and O–H groups in total. The highest BCUT2D eigenvalue weighted by atomic mass is 16.3. The quantitative estimate of drug-likeness (QED) is 0.490. The van der Waals surface area contributed by atoms with Crippen molar-refractivity contribution in [3.63, 3.8) is 0 Å². The first-order valence-corrected chi connectivity index (χ1v) is 11.6. The average Bonchev–Trinajstić information content (AvgIpc) is 2.97. The second-order valence-electron chi connectivity index (χ2n) is 11.4. The van der Waals surface area contributed by atoms with E-state index < -0.39 is 5.60 Å². The minimum atomic E-state index is -0.492. The van der Waals surface area contributed by atoms with Crippen LogP contribution in [0.5, 0.6) is 0 Å². The van der Waals surface area contributed by atoms with Gasteiger partial charge >= 0.3 is 0 Å². The van der Waals surface area contributed by atoms with Gasteiger partial charge in [-0.1, -0.05) is 32.4 Å². The zero-order valence-corrected chi connectivity index (χ0v) is 18.0. The highest BCUT2D eigenvalue weighted by Gasteiger charge is 2.59. The molecule has 3 saturated carbocycles. The van der Waals surface area contributed by atoms with Crippen LogP contribution in [0.2, 0.25) is 0 Å². The molecule has 0 aromatic heterocycles. The Morgan fingerprint density at radius 1 is 1.15 bits per heavy atom. The Bertz CT molecular complexity index is 620. The monoisotopic (exact) mass is 372 g/mol. The highest BCUT2D eigenvalue weighted by Crippen LogP contribution is 2.67. The van der Waals surface area contributed by atoms with Crippen LogP contribution in [-0.2, 0) is 4.79 Å². The summed E-state index contributed by atoms with van der Waals surface area (Å²) in [7, 11) is 0. The summed E-state index contributed by atoms with van der Waals surface area (Å²) in [4.78, 5) is 10.9. The minimum Gasteiger partial charge on any atom is -0.390 e. The van der Waals surface area contributed by atoms with Crippen molar-refractivity contribution in [3.05, 3.63) is 11.6 Å². The van der Waals surface area contributed by atoms with E-state index in [-0.39, 0.29) is 0 Å². The lowest BCUT2D eigenvalue weighted by molar-refractivity contribution is -0.108. The second-order valence-corrected chi connectivity index (χ2v) is 11.4. The van der Waals surface area contributed by atoms with E-state index >= 15 is 0 Å². The maximum absolute atomic E-state index is 10.9. The molecule has 152 valence electrons. The van der Waals surface area contributed by atoms with Crippen molar-refractivity contribution in [2.75, 3.05) is 0 Å². The lowest BCUT2D eigenvalue weighted by Crippen LogP contribution is -2.52. The molecular formula is C25H40O2. The third-order valence-corrected chi connectivity index (χ3v) is 9.88. The molecule has 0 saturated heterocycles. The molecule has 4 aliphatic carbocycles. The Labute approximate surface area is 166 Å². The number of aliphatic hydroxyl groups is 1. The van der Waals surface area contributed by atoms with Crippen molar-refractivity contribution in [2.24, 2.45) is 40.4 Å². The molecule has 2 heteroatoms. The number of rotatable bonds is 4. The summed E-state index contributed by atoms with van der Waals surface area (Å²) in [6.45, 7) is 9.54. The summed E-state index contributed by atoms with van der Waals surface area (Å²) in [6.07, 6.45) is 15.2. The van der Waals surface area contributed by atoms with E-state index in [9.17, 15) is 9.90 Å². The summed E-state index contributed by atoms with van der Waals surface area (Å²) in [5.74, 6) is 3.99. The average molecular weight is 373 g/mol. The van der Waals surface area contributed by atoms with Gasteiger partial charge in [0.25, 0.3) is 0 Å². The number of fused-ring (bicyclic) bond motifs is 5. The van der Waals surface area contributed by atoms with Gasteiger partial charge in [0, 0.05) is 6.42 Å². The molecule has 0 heterocycles. The summed E-state index contributed by atoms with van der Waals surface area (Å²) >= 11 is 0. The third-order valence-electron chi connectivity index (χ3n) is 9.88. The molecule has 27 heavy (non-hydrogen) atoms. The molecule has 8 atom stereocenters. The molecular weight excluding hydrogens is 332 g/mol. The van der Waals surface area contributed by atoms with Crippen LogP contribution in [0.15, 0.2) is 11.6 Å². The predicted octanol–water partition coefficient (Wildman–Crippen LogP) is 5.93. The van der Waals surface area contributed by atoms with Gasteiger partial charge in [0.15, 0.2) is 0 Å². The van der Waals surface area contributed by atoms with Crippen LogP contribution in [0.3, 0.4) is 0 Å². The fourth-order valence-electron chi connectivity index (χ4n) is 8.31. The van der Waals surface area contributed by atoms with Gasteiger partial charge in [0.2, 0.25) is 0 Å². The third kappa shape index (κ3) is 3.05. The maximum Gasteiger partial charge on any atom is 0.120 e. The Hall–Kier alpha value is -0.630. The van der Waals surface area contributed by atoms with E-state index in [0.717, 1.165) is 62.1 Å². The molecule has 0 bridgehead atoms. The van der Waals surface area contributed by atoms with Gasteiger partial charge < -0.3 is 9.90 Å². The molecule has 4 rings (SSSR count). The molecule has 0 spiro atoms. The molecule has 0 aliphatic heterocycles. The van der Waals surface area contributed by atoms with Crippen LogP contribution < -0.4 is 0 Å². The smallest absolute Gasteiger partial charge is 0.120 e. The van der Waals surface area contributed by atoms with Crippen LogP contribution in [0.1, 0.15) is 91.9 Å². The number of hydrogen-bond acceptors (Lipinski definition) is 2. The number of allylic oxidation sites excluding steroid dienone is 1. The van der Waals surface area contributed by atoms with Crippen molar-refractivity contribution in [2.45, 2.75) is 97.5 Å². The van der Waals surface area contributed by atoms with Gasteiger partial charge in [-0.15, -0.1) is 0 Å². The first kappa shape index (κ1) is 19.7. The molecule has 0 unspecified atom stereocenters. The topological polar surface area (TPSA) is 37.3 Å². The van der Waals surface area contributed by atoms with Gasteiger partial charge in [-0.05, 0) is 105 Å². The van der Waals surface area contributed by atoms with E-state index in [1.54, 1.807) is 5.57 Å². The molecule has 0 amide bonds. The molecule has 0 aromatic rings. The van der Waals surface area contributed by atoms with Crippen LogP contribution in [0, 0.1) is 40.4 Å². The standard InChI is InChI=1S/C25H40O2/c1-17(6-5-15-26)20-9-10-21-19-8-7-18-16-23(2,27)13-14-24(18,3)22(19)11-12-25(20,21)4/h7,15,17,19-22,27H,5-6,8-14,16H2,1-4H3/t17-,19+,20-,21+,22+,23+,24+,25-/m1/s1. The first-order valence-electron chi connectivity index (χ1n) is 11.6. The van der Waals surface area contributed by atoms with Gasteiger partial charge in [-0.3, -0.25) is 0 Å². The fraction of sp³-hybridized carbons (Fsp3) is 0.880. The van der Waals surface area contributed by atoms with Gasteiger partial charge in [-0.25, -0.2) is 0 Å². The Kier molecular flexibility index (Phi) is 4.89. The van der Waals surface area contributed by atoms with Gasteiger partial charge in [-0.2, -0.15) is 0 Å². The number of aldehydes is 1. The van der Waals surface area contributed by atoms with Gasteiger partial charge in [0.05, 0.1) is 5.60 Å². The number of carbonyl (C=O) groups is 1. The van der Waals surface area contributed by atoms with Crippen LogP contribution in [0.4, 0.5) is 0 Å². The SMILES string of the molecule is C[C@H](CCC=O)[C@H]1CC[C@H]2[C@@H]3CC=C4C[C@@](C)(O)CC[C@]4(C)[C@H]3CC[C@]12C. The van der Waals surface area contributed by atoms with Crippen molar-refractivity contribution in [3.8, 4) is 0 Å². The van der Waals surface area contributed by atoms with Crippen molar-refractivity contribution in [1.82, 2.24) is 0 Å². The lowest BCUT2D eigenvalue weighted by Gasteiger charge is -2.59. The van der Waals surface area contributed by atoms with Gasteiger partial charge in [0.1, 0.15) is 6.29 Å². The summed E-state index contributed by atoms with van der Waals surface area (Å²) in [5.41, 5.74) is 1.88. The summed E-state index contributed by atoms with van der Waals surface area (Å²) < 4.78 is 0. The Morgan fingerprint density at radius 2 is 1.93 bits per heavy atom. The zero-order chi connectivity index (χ0) is 19.4. The van der Waals surface area contributed by atoms with Crippen molar-refractivity contribution in [1.29, 1.82) is 0 Å². The van der Waals surface area contributed by atoms with Crippen molar-refractivity contribution >= 4 is 6.29 Å². The zero-order valence-electron chi connectivity index (χ0n) is 18.0. The molecule has 4 aliphatic rings. The number of hydrogen-bond donors (Lipinski definition) is 1. The minimum absolute atomic E-state index is 0.327. The fourth-order valence-corrected chi connectivity index (χ4v) is 8.31. The lowest BCUT2D eigenvalue weighted by atomic mass is 9.46. The second kappa shape index (κ2) is 6.71. The normalized spacial score (nSPS) is 50.2. The maximum atomic E-state index is 10.9. The van der Waals surface area contributed by atoms with E-state index in [1.807, 2.05) is 6.92 Å². The molecule has 2 nitrogen and oxygen atoms in total. The first-order chi connectivity index (χ1) is 12.7. The summed E-state index contributed by atoms with van der Waals surface area (Å²) in [5, 5.41) is 10.6. The Morgan fingerprint density at radius 3 is 2.67 bits per heavy atom. The highest BCUT2D eigenvalue weighted by molar-refractivity contribution is 5.49. The van der Waals surface area contributed by atoms with Crippen LogP contribution >= 0.6 is 0 Å². The predicted molar refractivity (Wildman–Crippen MR) is 110 cm³/mol. The van der Waals surface area contributed by atoms with E-state index in [2.05, 4.69) is 26.8 Å². The van der Waals surface area contributed by atoms with E-state index in [0.29, 0.717) is 16.7 Å². The van der Waals surface area contributed by atoms with Crippen molar-refractivity contribution < 1.29 is 9.90 Å². The molecule has 3 fully saturated rings. The summed E-state index contributed by atoms with van der Waals surface area (Å²) in [6, 6.07) is 0. The van der Waals surface area contributed by atoms with Crippen LogP contribution in [0.25, 0.3) is 0 Å². The largest absolute Gasteiger partial charge is 0.390 e. The van der Waals surface area contributed by atoms with Crippen LogP contribution in [-0.4, -0.2) is 17.0 Å². The molecule has 0 aromatic carbocycles. The van der Waals surface area contributed by atoms with E-state index in [4.69, 9.17) is 0 Å². The Balaban J connectivity index is 1.57.